The van der Waals surface area contributed by atoms with Gasteiger partial charge in [0.05, 0.1) is 20.3 Å². The van der Waals surface area contributed by atoms with Crippen LogP contribution in [0.3, 0.4) is 0 Å². The van der Waals surface area contributed by atoms with E-state index in [1.54, 1.807) is 14.2 Å². The van der Waals surface area contributed by atoms with Gasteiger partial charge in [-0.15, -0.1) is 0 Å². The van der Waals surface area contributed by atoms with Crippen molar-refractivity contribution in [2.75, 3.05) is 20.8 Å². The fourth-order valence-electron chi connectivity index (χ4n) is 3.02. The van der Waals surface area contributed by atoms with Gasteiger partial charge < -0.3 is 20.1 Å². The van der Waals surface area contributed by atoms with E-state index in [0.717, 1.165) is 11.1 Å². The van der Waals surface area contributed by atoms with Gasteiger partial charge in [-0.3, -0.25) is 9.59 Å². The fraction of sp³-hybridized carbons (Fsp3) is 0.391. The number of carbonyl (C=O) groups is 2. The molecule has 0 saturated heterocycles. The minimum Gasteiger partial charge on any atom is -0.493 e. The Morgan fingerprint density at radius 1 is 0.931 bits per heavy atom. The molecule has 0 radical (unpaired) electrons. The number of ether oxygens (including phenoxy) is 2. The lowest BCUT2D eigenvalue weighted by Gasteiger charge is -2.14. The van der Waals surface area contributed by atoms with E-state index in [4.69, 9.17) is 9.47 Å². The lowest BCUT2D eigenvalue weighted by atomic mass is 10.1. The third-order valence-corrected chi connectivity index (χ3v) is 4.67. The van der Waals surface area contributed by atoms with E-state index in [0.29, 0.717) is 43.7 Å². The molecule has 0 bridgehead atoms. The maximum Gasteiger partial charge on any atom is 0.220 e. The molecule has 2 amide bonds. The highest BCUT2D eigenvalue weighted by Gasteiger charge is 2.10. The molecule has 0 aliphatic heterocycles. The molecule has 29 heavy (non-hydrogen) atoms. The summed E-state index contributed by atoms with van der Waals surface area (Å²) in [6.45, 7) is 2.49. The summed E-state index contributed by atoms with van der Waals surface area (Å²) in [4.78, 5) is 24.0. The van der Waals surface area contributed by atoms with E-state index in [1.165, 1.54) is 0 Å². The maximum absolute atomic E-state index is 12.1. The summed E-state index contributed by atoms with van der Waals surface area (Å²) < 4.78 is 10.5. The van der Waals surface area contributed by atoms with Crippen LogP contribution in [-0.4, -0.2) is 32.6 Å². The smallest absolute Gasteiger partial charge is 0.220 e. The van der Waals surface area contributed by atoms with Crippen LogP contribution >= 0.6 is 0 Å². The van der Waals surface area contributed by atoms with Gasteiger partial charge in [0.2, 0.25) is 11.8 Å². The Labute approximate surface area is 172 Å². The van der Waals surface area contributed by atoms with Crippen LogP contribution in [0.1, 0.15) is 43.4 Å². The molecule has 2 N–H and O–H groups in total. The predicted octanol–water partition coefficient (Wildman–Crippen LogP) is 3.41. The van der Waals surface area contributed by atoms with Gasteiger partial charge in [0.1, 0.15) is 0 Å². The standard InChI is InChI=1S/C23H30N2O4/c1-17(19-8-5-4-6-9-19)25-23(27)11-7-10-22(26)24-15-14-18-12-13-20(28-2)21(16-18)29-3/h4-6,8-9,12-13,16-17H,7,10-11,14-15H2,1-3H3,(H,24,26)(H,25,27). The summed E-state index contributed by atoms with van der Waals surface area (Å²) in [7, 11) is 3.19. The largest absolute Gasteiger partial charge is 0.493 e. The number of nitrogens with one attached hydrogen (secondary N) is 2. The topological polar surface area (TPSA) is 76.7 Å². The zero-order valence-electron chi connectivity index (χ0n) is 17.4. The van der Waals surface area contributed by atoms with Gasteiger partial charge in [-0.2, -0.15) is 0 Å². The van der Waals surface area contributed by atoms with Gasteiger partial charge in [-0.05, 0) is 43.0 Å². The molecule has 6 heteroatoms. The summed E-state index contributed by atoms with van der Waals surface area (Å²) in [6.07, 6.45) is 1.88. The monoisotopic (exact) mass is 398 g/mol. The Hall–Kier alpha value is -3.02. The zero-order valence-corrected chi connectivity index (χ0v) is 17.4. The average molecular weight is 399 g/mol. The first-order valence-electron chi connectivity index (χ1n) is 9.85. The van der Waals surface area contributed by atoms with Gasteiger partial charge in [0.25, 0.3) is 0 Å². The Morgan fingerprint density at radius 2 is 1.62 bits per heavy atom. The Balaban J connectivity index is 1.64. The van der Waals surface area contributed by atoms with E-state index in [9.17, 15) is 9.59 Å². The van der Waals surface area contributed by atoms with Crippen molar-refractivity contribution in [1.29, 1.82) is 0 Å². The number of rotatable bonds is 11. The number of methoxy groups -OCH3 is 2. The molecule has 0 aromatic heterocycles. The van der Waals surface area contributed by atoms with Crippen molar-refractivity contribution in [2.24, 2.45) is 0 Å². The predicted molar refractivity (Wildman–Crippen MR) is 113 cm³/mol. The van der Waals surface area contributed by atoms with Crippen molar-refractivity contribution < 1.29 is 19.1 Å². The van der Waals surface area contributed by atoms with E-state index >= 15 is 0 Å². The van der Waals surface area contributed by atoms with Crippen LogP contribution in [0, 0.1) is 0 Å². The maximum atomic E-state index is 12.1. The van der Waals surface area contributed by atoms with Crippen molar-refractivity contribution in [2.45, 2.75) is 38.6 Å². The van der Waals surface area contributed by atoms with Crippen molar-refractivity contribution in [1.82, 2.24) is 10.6 Å². The van der Waals surface area contributed by atoms with Crippen molar-refractivity contribution in [3.05, 3.63) is 59.7 Å². The van der Waals surface area contributed by atoms with Crippen molar-refractivity contribution in [3.8, 4) is 11.5 Å². The molecule has 0 fully saturated rings. The molecule has 1 atom stereocenters. The molecule has 0 aliphatic rings. The van der Waals surface area contributed by atoms with Gasteiger partial charge >= 0.3 is 0 Å². The molecule has 156 valence electrons. The second-order valence-corrected chi connectivity index (χ2v) is 6.84. The van der Waals surface area contributed by atoms with Crippen molar-refractivity contribution >= 4 is 11.8 Å². The number of hydrogen-bond acceptors (Lipinski definition) is 4. The van der Waals surface area contributed by atoms with Gasteiger partial charge in [-0.1, -0.05) is 36.4 Å². The minimum absolute atomic E-state index is 0.0421. The highest BCUT2D eigenvalue weighted by atomic mass is 16.5. The first-order chi connectivity index (χ1) is 14.0. The number of carbonyl (C=O) groups excluding carboxylic acids is 2. The number of amides is 2. The lowest BCUT2D eigenvalue weighted by Crippen LogP contribution is -2.28. The summed E-state index contributed by atoms with van der Waals surface area (Å²) in [5, 5.41) is 5.86. The third kappa shape index (κ3) is 7.49. The van der Waals surface area contributed by atoms with Crippen LogP contribution in [0.15, 0.2) is 48.5 Å². The summed E-state index contributed by atoms with van der Waals surface area (Å²) in [6, 6.07) is 15.5. The fourth-order valence-corrected chi connectivity index (χ4v) is 3.02. The number of hydrogen-bond donors (Lipinski definition) is 2. The molecule has 2 rings (SSSR count). The molecule has 0 heterocycles. The van der Waals surface area contributed by atoms with E-state index in [2.05, 4.69) is 10.6 Å². The van der Waals surface area contributed by atoms with Crippen LogP contribution < -0.4 is 20.1 Å². The minimum atomic E-state index is -0.0469. The molecule has 2 aromatic rings. The van der Waals surface area contributed by atoms with Gasteiger partial charge in [0.15, 0.2) is 11.5 Å². The van der Waals surface area contributed by atoms with Crippen LogP contribution in [-0.2, 0) is 16.0 Å². The molecule has 0 aliphatic carbocycles. The number of benzene rings is 2. The second-order valence-electron chi connectivity index (χ2n) is 6.84. The highest BCUT2D eigenvalue weighted by molar-refractivity contribution is 5.79. The molecular weight excluding hydrogens is 368 g/mol. The molecule has 0 spiro atoms. The molecular formula is C23H30N2O4. The van der Waals surface area contributed by atoms with Crippen LogP contribution in [0.25, 0.3) is 0 Å². The molecule has 1 unspecified atom stereocenters. The van der Waals surface area contributed by atoms with Crippen molar-refractivity contribution in [3.63, 3.8) is 0 Å². The lowest BCUT2D eigenvalue weighted by molar-refractivity contribution is -0.122. The van der Waals surface area contributed by atoms with Gasteiger partial charge in [-0.25, -0.2) is 0 Å². The third-order valence-electron chi connectivity index (χ3n) is 4.67. The summed E-state index contributed by atoms with van der Waals surface area (Å²) in [5.41, 5.74) is 2.12. The second kappa shape index (κ2) is 11.7. The van der Waals surface area contributed by atoms with E-state index in [1.807, 2.05) is 55.5 Å². The first-order valence-corrected chi connectivity index (χ1v) is 9.85. The quantitative estimate of drug-likeness (QED) is 0.608. The molecule has 2 aromatic carbocycles. The summed E-state index contributed by atoms with van der Waals surface area (Å²) >= 11 is 0. The molecule has 0 saturated carbocycles. The summed E-state index contributed by atoms with van der Waals surface area (Å²) in [5.74, 6) is 1.26. The Bertz CT molecular complexity index is 793. The SMILES string of the molecule is COc1ccc(CCNC(=O)CCCC(=O)NC(C)c2ccccc2)cc1OC. The van der Waals surface area contributed by atoms with Gasteiger partial charge in [0, 0.05) is 19.4 Å². The average Bonchev–Trinajstić information content (AvgIpc) is 2.74. The van der Waals surface area contributed by atoms with Crippen LogP contribution in [0.5, 0.6) is 11.5 Å². The van der Waals surface area contributed by atoms with E-state index in [-0.39, 0.29) is 17.9 Å². The van der Waals surface area contributed by atoms with E-state index < -0.39 is 0 Å². The zero-order chi connectivity index (χ0) is 21.1. The normalized spacial score (nSPS) is 11.4. The molecule has 6 nitrogen and oxygen atoms in total. The highest BCUT2D eigenvalue weighted by Crippen LogP contribution is 2.27. The first kappa shape index (κ1) is 22.3. The van der Waals surface area contributed by atoms with Crippen LogP contribution in [0.4, 0.5) is 0 Å². The Kier molecular flexibility index (Phi) is 9.02. The Morgan fingerprint density at radius 3 is 2.31 bits per heavy atom. The van der Waals surface area contributed by atoms with Crippen LogP contribution in [0.2, 0.25) is 0 Å².